The molecule has 0 aliphatic rings. The summed E-state index contributed by atoms with van der Waals surface area (Å²) >= 11 is 5.62. The molecule has 0 saturated heterocycles. The summed E-state index contributed by atoms with van der Waals surface area (Å²) < 4.78 is 17.5. The fourth-order valence-corrected chi connectivity index (χ4v) is 1.15. The topological polar surface area (TPSA) is 26.3 Å². The third kappa shape index (κ3) is 1.86. The van der Waals surface area contributed by atoms with Gasteiger partial charge in [0.2, 0.25) is 0 Å². The van der Waals surface area contributed by atoms with Gasteiger partial charge in [-0.2, -0.15) is 0 Å². The van der Waals surface area contributed by atoms with Crippen molar-refractivity contribution in [2.45, 2.75) is 0 Å². The third-order valence-electron chi connectivity index (χ3n) is 1.62. The molecule has 0 fully saturated rings. The second-order valence-corrected chi connectivity index (χ2v) is 2.86. The van der Waals surface area contributed by atoms with Gasteiger partial charge in [0.05, 0.1) is 23.3 Å². The van der Waals surface area contributed by atoms with E-state index in [9.17, 15) is 9.18 Å². The standard InChI is InChI=1S/C10H6ClFO2/c1-3-6-4-7(10(13)14-2)8(11)5-9(6)12/h1,4-5H,2H3. The third-order valence-corrected chi connectivity index (χ3v) is 1.93. The minimum absolute atomic E-state index is 0.0187. The number of terminal acetylenes is 1. The molecule has 2 nitrogen and oxygen atoms in total. The number of carbonyl (C=O) groups is 1. The van der Waals surface area contributed by atoms with Gasteiger partial charge < -0.3 is 4.74 Å². The zero-order chi connectivity index (χ0) is 10.7. The maximum absolute atomic E-state index is 13.0. The van der Waals surface area contributed by atoms with E-state index >= 15 is 0 Å². The van der Waals surface area contributed by atoms with Gasteiger partial charge in [-0.3, -0.25) is 0 Å². The van der Waals surface area contributed by atoms with E-state index in [2.05, 4.69) is 10.7 Å². The Bertz CT molecular complexity index is 421. The highest BCUT2D eigenvalue weighted by Crippen LogP contribution is 2.20. The molecular weight excluding hydrogens is 207 g/mol. The van der Waals surface area contributed by atoms with E-state index in [0.717, 1.165) is 6.07 Å². The number of rotatable bonds is 1. The predicted molar refractivity (Wildman–Crippen MR) is 50.7 cm³/mol. The molecule has 0 unspecified atom stereocenters. The van der Waals surface area contributed by atoms with Gasteiger partial charge in [0.1, 0.15) is 5.82 Å². The van der Waals surface area contributed by atoms with Crippen LogP contribution in [0.15, 0.2) is 12.1 Å². The SMILES string of the molecule is C#Cc1cc(C(=O)OC)c(Cl)cc1F. The van der Waals surface area contributed by atoms with Gasteiger partial charge in [0, 0.05) is 0 Å². The maximum atomic E-state index is 13.0. The highest BCUT2D eigenvalue weighted by Gasteiger charge is 2.13. The van der Waals surface area contributed by atoms with E-state index in [1.807, 2.05) is 0 Å². The van der Waals surface area contributed by atoms with E-state index in [-0.39, 0.29) is 16.1 Å². The van der Waals surface area contributed by atoms with Crippen molar-refractivity contribution >= 4 is 17.6 Å². The normalized spacial score (nSPS) is 9.29. The number of ether oxygens (including phenoxy) is 1. The molecule has 0 saturated carbocycles. The highest BCUT2D eigenvalue weighted by molar-refractivity contribution is 6.33. The molecular formula is C10H6ClFO2. The van der Waals surface area contributed by atoms with Crippen LogP contribution in [0.1, 0.15) is 15.9 Å². The van der Waals surface area contributed by atoms with Crippen molar-refractivity contribution in [3.8, 4) is 12.3 Å². The van der Waals surface area contributed by atoms with Crippen molar-refractivity contribution in [1.82, 2.24) is 0 Å². The predicted octanol–water partition coefficient (Wildman–Crippen LogP) is 2.25. The Labute approximate surface area is 85.6 Å². The van der Waals surface area contributed by atoms with E-state index in [1.54, 1.807) is 0 Å². The number of benzene rings is 1. The lowest BCUT2D eigenvalue weighted by molar-refractivity contribution is 0.0601. The number of hydrogen-bond donors (Lipinski definition) is 0. The van der Waals surface area contributed by atoms with Crippen molar-refractivity contribution in [2.24, 2.45) is 0 Å². The summed E-state index contributed by atoms with van der Waals surface area (Å²) in [5.41, 5.74) is 0.0401. The molecule has 0 aliphatic heterocycles. The molecule has 0 atom stereocenters. The smallest absolute Gasteiger partial charge is 0.339 e. The van der Waals surface area contributed by atoms with Crippen LogP contribution in [0.2, 0.25) is 5.02 Å². The average molecular weight is 213 g/mol. The molecule has 0 aromatic heterocycles. The second-order valence-electron chi connectivity index (χ2n) is 2.45. The average Bonchev–Trinajstić information content (AvgIpc) is 2.17. The number of carbonyl (C=O) groups excluding carboxylic acids is 1. The molecule has 0 amide bonds. The van der Waals surface area contributed by atoms with E-state index in [1.165, 1.54) is 13.2 Å². The Hall–Kier alpha value is -1.53. The molecule has 1 aromatic rings. The van der Waals surface area contributed by atoms with Crippen LogP contribution in [0.4, 0.5) is 4.39 Å². The molecule has 0 bridgehead atoms. The molecule has 0 heterocycles. The van der Waals surface area contributed by atoms with Gasteiger partial charge >= 0.3 is 5.97 Å². The fourth-order valence-electron chi connectivity index (χ4n) is 0.926. The first-order valence-corrected chi connectivity index (χ1v) is 4.02. The molecule has 14 heavy (non-hydrogen) atoms. The molecule has 1 aromatic carbocycles. The molecule has 0 N–H and O–H groups in total. The maximum Gasteiger partial charge on any atom is 0.339 e. The van der Waals surface area contributed by atoms with Crippen molar-refractivity contribution < 1.29 is 13.9 Å². The van der Waals surface area contributed by atoms with Gasteiger partial charge in [-0.1, -0.05) is 17.5 Å². The molecule has 0 spiro atoms. The molecule has 0 aliphatic carbocycles. The van der Waals surface area contributed by atoms with Gasteiger partial charge in [-0.25, -0.2) is 9.18 Å². The summed E-state index contributed by atoms with van der Waals surface area (Å²) in [7, 11) is 1.21. The summed E-state index contributed by atoms with van der Waals surface area (Å²) in [5, 5.41) is -0.0200. The summed E-state index contributed by atoms with van der Waals surface area (Å²) in [6.45, 7) is 0. The summed E-state index contributed by atoms with van der Waals surface area (Å²) in [6.07, 6.45) is 5.03. The number of methoxy groups -OCH3 is 1. The van der Waals surface area contributed by atoms with E-state index in [4.69, 9.17) is 18.0 Å². The summed E-state index contributed by atoms with van der Waals surface area (Å²) in [5.74, 6) is 0.820. The van der Waals surface area contributed by atoms with Gasteiger partial charge in [0.25, 0.3) is 0 Å². The van der Waals surface area contributed by atoms with Crippen LogP contribution in [0.25, 0.3) is 0 Å². The lowest BCUT2D eigenvalue weighted by Gasteiger charge is -2.03. The second kappa shape index (κ2) is 4.12. The monoisotopic (exact) mass is 212 g/mol. The zero-order valence-corrected chi connectivity index (χ0v) is 8.06. The van der Waals surface area contributed by atoms with Gasteiger partial charge in [-0.05, 0) is 12.1 Å². The zero-order valence-electron chi connectivity index (χ0n) is 7.30. The largest absolute Gasteiger partial charge is 0.465 e. The summed E-state index contributed by atoms with van der Waals surface area (Å²) in [4.78, 5) is 11.1. The lowest BCUT2D eigenvalue weighted by Crippen LogP contribution is -2.03. The minimum Gasteiger partial charge on any atom is -0.465 e. The minimum atomic E-state index is -0.647. The molecule has 72 valence electrons. The van der Waals surface area contributed by atoms with Crippen LogP contribution in [0, 0.1) is 18.2 Å². The van der Waals surface area contributed by atoms with Crippen LogP contribution in [-0.4, -0.2) is 13.1 Å². The van der Waals surface area contributed by atoms with Crippen molar-refractivity contribution in [2.75, 3.05) is 7.11 Å². The van der Waals surface area contributed by atoms with Gasteiger partial charge in [0.15, 0.2) is 0 Å². The highest BCUT2D eigenvalue weighted by atomic mass is 35.5. The summed E-state index contributed by atoms with van der Waals surface area (Å²) in [6, 6.07) is 2.17. The number of hydrogen-bond acceptors (Lipinski definition) is 2. The Kier molecular flexibility index (Phi) is 3.10. The Morgan fingerprint density at radius 3 is 2.79 bits per heavy atom. The fraction of sp³-hybridized carbons (Fsp3) is 0.100. The first-order valence-electron chi connectivity index (χ1n) is 3.64. The van der Waals surface area contributed by atoms with E-state index in [0.29, 0.717) is 0 Å². The Balaban J connectivity index is 3.33. The van der Waals surface area contributed by atoms with Gasteiger partial charge in [-0.15, -0.1) is 6.42 Å². The van der Waals surface area contributed by atoms with Crippen molar-refractivity contribution in [3.63, 3.8) is 0 Å². The lowest BCUT2D eigenvalue weighted by atomic mass is 10.1. The molecule has 1 rings (SSSR count). The van der Waals surface area contributed by atoms with Crippen LogP contribution in [0.3, 0.4) is 0 Å². The van der Waals surface area contributed by atoms with Crippen LogP contribution >= 0.6 is 11.6 Å². The van der Waals surface area contributed by atoms with Crippen LogP contribution in [0.5, 0.6) is 0 Å². The Morgan fingerprint density at radius 2 is 2.29 bits per heavy atom. The number of halogens is 2. The number of esters is 1. The van der Waals surface area contributed by atoms with E-state index < -0.39 is 11.8 Å². The first kappa shape index (κ1) is 10.6. The molecule has 0 radical (unpaired) electrons. The van der Waals surface area contributed by atoms with Crippen LogP contribution in [-0.2, 0) is 4.74 Å². The molecule has 4 heteroatoms. The quantitative estimate of drug-likeness (QED) is 0.527. The van der Waals surface area contributed by atoms with Crippen LogP contribution < -0.4 is 0 Å². The first-order chi connectivity index (χ1) is 6.60. The van der Waals surface area contributed by atoms with Crippen molar-refractivity contribution in [3.05, 3.63) is 34.1 Å². The Morgan fingerprint density at radius 1 is 1.64 bits per heavy atom. The van der Waals surface area contributed by atoms with Crippen molar-refractivity contribution in [1.29, 1.82) is 0 Å².